The van der Waals surface area contributed by atoms with Crippen LogP contribution in [0.3, 0.4) is 0 Å². The molecule has 1 aromatic heterocycles. The van der Waals surface area contributed by atoms with Gasteiger partial charge in [0.15, 0.2) is 0 Å². The number of carbonyl (C=O) groups is 1. The Labute approximate surface area is 127 Å². The van der Waals surface area contributed by atoms with Crippen LogP contribution in [0.25, 0.3) is 0 Å². The SMILES string of the molecule is Cc1cc(Br)cc(C)c1NC(=O)c1c(C)oc(C)c1C. The predicted octanol–water partition coefficient (Wildman–Crippen LogP) is 4.84. The van der Waals surface area contributed by atoms with Gasteiger partial charge in [-0.3, -0.25) is 4.79 Å². The molecule has 0 fully saturated rings. The second-order valence-corrected chi connectivity index (χ2v) is 6.00. The van der Waals surface area contributed by atoms with E-state index in [9.17, 15) is 4.79 Å². The summed E-state index contributed by atoms with van der Waals surface area (Å²) in [6.07, 6.45) is 0. The molecule has 3 nitrogen and oxygen atoms in total. The van der Waals surface area contributed by atoms with E-state index in [1.807, 2.05) is 46.8 Å². The first-order chi connectivity index (χ1) is 9.31. The van der Waals surface area contributed by atoms with Crippen LogP contribution in [0.15, 0.2) is 21.0 Å². The van der Waals surface area contributed by atoms with Crippen molar-refractivity contribution < 1.29 is 9.21 Å². The Hall–Kier alpha value is -1.55. The number of nitrogens with one attached hydrogen (secondary N) is 1. The van der Waals surface area contributed by atoms with Gasteiger partial charge in [0, 0.05) is 15.7 Å². The number of aryl methyl sites for hydroxylation is 4. The van der Waals surface area contributed by atoms with Crippen LogP contribution in [-0.4, -0.2) is 5.91 Å². The highest BCUT2D eigenvalue weighted by Gasteiger charge is 2.19. The molecular formula is C16H18BrNO2. The van der Waals surface area contributed by atoms with Gasteiger partial charge >= 0.3 is 0 Å². The molecule has 0 aliphatic heterocycles. The molecule has 0 bridgehead atoms. The molecule has 0 unspecified atom stereocenters. The van der Waals surface area contributed by atoms with E-state index >= 15 is 0 Å². The van der Waals surface area contributed by atoms with E-state index in [0.29, 0.717) is 11.3 Å². The largest absolute Gasteiger partial charge is 0.466 e. The smallest absolute Gasteiger partial charge is 0.259 e. The van der Waals surface area contributed by atoms with Gasteiger partial charge in [-0.05, 0) is 57.9 Å². The van der Waals surface area contributed by atoms with Gasteiger partial charge in [-0.15, -0.1) is 0 Å². The number of amides is 1. The van der Waals surface area contributed by atoms with E-state index in [1.165, 1.54) is 0 Å². The van der Waals surface area contributed by atoms with Crippen molar-refractivity contribution in [2.75, 3.05) is 5.32 Å². The number of hydrogen-bond acceptors (Lipinski definition) is 2. The Bertz CT molecular complexity index is 663. The van der Waals surface area contributed by atoms with Crippen molar-refractivity contribution in [1.82, 2.24) is 0 Å². The molecule has 2 rings (SSSR count). The fourth-order valence-electron chi connectivity index (χ4n) is 2.41. The lowest BCUT2D eigenvalue weighted by atomic mass is 10.1. The first-order valence-corrected chi connectivity index (χ1v) is 7.25. The summed E-state index contributed by atoms with van der Waals surface area (Å²) < 4.78 is 6.53. The molecule has 0 radical (unpaired) electrons. The summed E-state index contributed by atoms with van der Waals surface area (Å²) in [6, 6.07) is 3.98. The van der Waals surface area contributed by atoms with Crippen molar-refractivity contribution in [3.8, 4) is 0 Å². The number of rotatable bonds is 2. The van der Waals surface area contributed by atoms with Crippen molar-refractivity contribution in [3.63, 3.8) is 0 Å². The van der Waals surface area contributed by atoms with Gasteiger partial charge in [0.2, 0.25) is 0 Å². The number of anilines is 1. The van der Waals surface area contributed by atoms with Crippen LogP contribution in [-0.2, 0) is 0 Å². The second kappa shape index (κ2) is 5.44. The van der Waals surface area contributed by atoms with Gasteiger partial charge < -0.3 is 9.73 Å². The normalized spacial score (nSPS) is 10.7. The number of hydrogen-bond donors (Lipinski definition) is 1. The molecule has 4 heteroatoms. The van der Waals surface area contributed by atoms with E-state index in [0.717, 1.165) is 32.6 Å². The second-order valence-electron chi connectivity index (χ2n) is 5.08. The lowest BCUT2D eigenvalue weighted by Crippen LogP contribution is -2.15. The Morgan fingerprint density at radius 1 is 1.05 bits per heavy atom. The first kappa shape index (κ1) is 14.9. The highest BCUT2D eigenvalue weighted by Crippen LogP contribution is 2.27. The summed E-state index contributed by atoms with van der Waals surface area (Å²) in [6.45, 7) is 9.55. The molecule has 1 heterocycles. The maximum Gasteiger partial charge on any atom is 0.259 e. The highest BCUT2D eigenvalue weighted by atomic mass is 79.9. The molecule has 1 aromatic carbocycles. The summed E-state index contributed by atoms with van der Waals surface area (Å²) in [7, 11) is 0. The fourth-order valence-corrected chi connectivity index (χ4v) is 3.10. The molecule has 0 saturated heterocycles. The summed E-state index contributed by atoms with van der Waals surface area (Å²) in [4.78, 5) is 12.5. The van der Waals surface area contributed by atoms with E-state index in [4.69, 9.17) is 4.42 Å². The maximum atomic E-state index is 12.5. The van der Waals surface area contributed by atoms with Gasteiger partial charge in [-0.2, -0.15) is 0 Å². The standard InChI is InChI=1S/C16H18BrNO2/c1-8-6-13(17)7-9(2)15(8)18-16(19)14-10(3)11(4)20-12(14)5/h6-7H,1-5H3,(H,18,19). The molecule has 0 aliphatic rings. The first-order valence-electron chi connectivity index (χ1n) is 6.46. The van der Waals surface area contributed by atoms with Crippen LogP contribution in [0.2, 0.25) is 0 Å². The molecule has 1 N–H and O–H groups in total. The lowest BCUT2D eigenvalue weighted by molar-refractivity contribution is 0.102. The minimum Gasteiger partial charge on any atom is -0.466 e. The third-order valence-corrected chi connectivity index (χ3v) is 3.98. The third-order valence-electron chi connectivity index (χ3n) is 3.52. The molecular weight excluding hydrogens is 318 g/mol. The lowest BCUT2D eigenvalue weighted by Gasteiger charge is -2.12. The molecule has 1 amide bonds. The highest BCUT2D eigenvalue weighted by molar-refractivity contribution is 9.10. The van der Waals surface area contributed by atoms with E-state index < -0.39 is 0 Å². The third kappa shape index (κ3) is 2.66. The molecule has 20 heavy (non-hydrogen) atoms. The van der Waals surface area contributed by atoms with Crippen LogP contribution in [0.1, 0.15) is 38.6 Å². The monoisotopic (exact) mass is 335 g/mol. The van der Waals surface area contributed by atoms with Gasteiger partial charge in [-0.25, -0.2) is 0 Å². The van der Waals surface area contributed by atoms with Crippen molar-refractivity contribution in [2.24, 2.45) is 0 Å². The number of furan rings is 1. The summed E-state index contributed by atoms with van der Waals surface area (Å²) in [5.74, 6) is 1.33. The van der Waals surface area contributed by atoms with Gasteiger partial charge in [0.05, 0.1) is 5.56 Å². The quantitative estimate of drug-likeness (QED) is 0.853. The minimum atomic E-state index is -0.120. The molecule has 0 spiro atoms. The summed E-state index contributed by atoms with van der Waals surface area (Å²) in [5.41, 5.74) is 4.44. The van der Waals surface area contributed by atoms with Gasteiger partial charge in [0.1, 0.15) is 11.5 Å². The molecule has 106 valence electrons. The minimum absolute atomic E-state index is 0.120. The van der Waals surface area contributed by atoms with Crippen LogP contribution in [0, 0.1) is 34.6 Å². The van der Waals surface area contributed by atoms with Crippen molar-refractivity contribution >= 4 is 27.5 Å². The molecule has 0 aliphatic carbocycles. The predicted molar refractivity (Wildman–Crippen MR) is 84.5 cm³/mol. The Kier molecular flexibility index (Phi) is 4.04. The topological polar surface area (TPSA) is 42.2 Å². The zero-order chi connectivity index (χ0) is 15.0. The van der Waals surface area contributed by atoms with Gasteiger partial charge in [-0.1, -0.05) is 15.9 Å². The summed E-state index contributed by atoms with van der Waals surface area (Å²) >= 11 is 3.46. The van der Waals surface area contributed by atoms with Crippen LogP contribution < -0.4 is 5.32 Å². The average molecular weight is 336 g/mol. The summed E-state index contributed by atoms with van der Waals surface area (Å²) in [5, 5.41) is 3.00. The van der Waals surface area contributed by atoms with Crippen molar-refractivity contribution in [3.05, 3.63) is 50.4 Å². The van der Waals surface area contributed by atoms with E-state index in [-0.39, 0.29) is 5.91 Å². The van der Waals surface area contributed by atoms with Crippen LogP contribution >= 0.6 is 15.9 Å². The zero-order valence-electron chi connectivity index (χ0n) is 12.3. The Morgan fingerprint density at radius 2 is 1.60 bits per heavy atom. The Morgan fingerprint density at radius 3 is 2.05 bits per heavy atom. The fraction of sp³-hybridized carbons (Fsp3) is 0.312. The molecule has 0 saturated carbocycles. The zero-order valence-corrected chi connectivity index (χ0v) is 13.9. The Balaban J connectivity index is 2.38. The maximum absolute atomic E-state index is 12.5. The molecule has 2 aromatic rings. The number of halogens is 1. The van der Waals surface area contributed by atoms with Crippen LogP contribution in [0.4, 0.5) is 5.69 Å². The number of benzene rings is 1. The van der Waals surface area contributed by atoms with E-state index in [1.54, 1.807) is 0 Å². The van der Waals surface area contributed by atoms with Gasteiger partial charge in [0.25, 0.3) is 5.91 Å². The van der Waals surface area contributed by atoms with Crippen LogP contribution in [0.5, 0.6) is 0 Å². The molecule has 0 atom stereocenters. The van der Waals surface area contributed by atoms with E-state index in [2.05, 4.69) is 21.2 Å². The number of carbonyl (C=O) groups excluding carboxylic acids is 1. The van der Waals surface area contributed by atoms with Crippen molar-refractivity contribution in [2.45, 2.75) is 34.6 Å². The average Bonchev–Trinajstić information content (AvgIpc) is 2.58. The van der Waals surface area contributed by atoms with Crippen molar-refractivity contribution in [1.29, 1.82) is 0 Å².